The van der Waals surface area contributed by atoms with Crippen molar-refractivity contribution >= 4 is 11.8 Å². The first kappa shape index (κ1) is 13.8. The number of carboxylic acid groups (broad SMARTS) is 1. The minimum absolute atomic E-state index is 0.537. The lowest BCUT2D eigenvalue weighted by molar-refractivity contribution is -0.150. The van der Waals surface area contributed by atoms with Crippen LogP contribution in [-0.4, -0.2) is 34.1 Å². The smallest absolute Gasteiger partial charge is 0.311 e. The van der Waals surface area contributed by atoms with E-state index in [2.05, 4.69) is 14.9 Å². The molecule has 104 valence electrons. The van der Waals surface area contributed by atoms with Gasteiger partial charge in [0.05, 0.1) is 11.1 Å². The van der Waals surface area contributed by atoms with Gasteiger partial charge in [-0.15, -0.1) is 0 Å². The van der Waals surface area contributed by atoms with Crippen LogP contribution in [0, 0.1) is 12.3 Å². The van der Waals surface area contributed by atoms with Crippen LogP contribution in [0.1, 0.15) is 38.3 Å². The zero-order chi connectivity index (χ0) is 13.9. The molecule has 19 heavy (non-hydrogen) atoms. The molecule has 1 unspecified atom stereocenters. The van der Waals surface area contributed by atoms with E-state index in [1.165, 1.54) is 0 Å². The van der Waals surface area contributed by atoms with Gasteiger partial charge in [-0.2, -0.15) is 0 Å². The lowest BCUT2D eigenvalue weighted by atomic mass is 9.76. The van der Waals surface area contributed by atoms with Gasteiger partial charge in [-0.3, -0.25) is 9.78 Å². The Hall–Kier alpha value is -1.65. The van der Waals surface area contributed by atoms with E-state index in [-0.39, 0.29) is 0 Å². The Morgan fingerprint density at radius 1 is 1.47 bits per heavy atom. The Morgan fingerprint density at radius 2 is 2.21 bits per heavy atom. The molecule has 1 atom stereocenters. The first-order valence-electron chi connectivity index (χ1n) is 6.85. The maximum Gasteiger partial charge on any atom is 0.311 e. The van der Waals surface area contributed by atoms with Gasteiger partial charge < -0.3 is 10.0 Å². The number of aryl methyl sites for hydroxylation is 1. The summed E-state index contributed by atoms with van der Waals surface area (Å²) in [4.78, 5) is 22.3. The summed E-state index contributed by atoms with van der Waals surface area (Å²) in [6.45, 7) is 5.35. The van der Waals surface area contributed by atoms with Crippen molar-refractivity contribution in [2.45, 2.75) is 39.5 Å². The Morgan fingerprint density at radius 3 is 2.84 bits per heavy atom. The number of piperidine rings is 1. The quantitative estimate of drug-likeness (QED) is 0.902. The SMILES string of the molecule is CCCC1(C(=O)O)CCCN(c2nccnc2C)C1. The number of aliphatic carboxylic acids is 1. The molecule has 1 N–H and O–H groups in total. The third kappa shape index (κ3) is 2.69. The largest absolute Gasteiger partial charge is 0.481 e. The normalized spacial score (nSPS) is 23.4. The van der Waals surface area contributed by atoms with Gasteiger partial charge in [0.1, 0.15) is 5.82 Å². The van der Waals surface area contributed by atoms with E-state index >= 15 is 0 Å². The van der Waals surface area contributed by atoms with Crippen molar-refractivity contribution in [2.75, 3.05) is 18.0 Å². The second kappa shape index (κ2) is 5.55. The van der Waals surface area contributed by atoms with Gasteiger partial charge in [0.25, 0.3) is 0 Å². The molecule has 5 heteroatoms. The van der Waals surface area contributed by atoms with Crippen molar-refractivity contribution in [2.24, 2.45) is 5.41 Å². The van der Waals surface area contributed by atoms with E-state index in [9.17, 15) is 9.90 Å². The first-order valence-corrected chi connectivity index (χ1v) is 6.85. The highest BCUT2D eigenvalue weighted by Crippen LogP contribution is 2.36. The summed E-state index contributed by atoms with van der Waals surface area (Å²) in [6, 6.07) is 0. The summed E-state index contributed by atoms with van der Waals surface area (Å²) in [6.07, 6.45) is 6.59. The number of hydrogen-bond donors (Lipinski definition) is 1. The zero-order valence-corrected chi connectivity index (χ0v) is 11.6. The average molecular weight is 263 g/mol. The molecule has 1 aliphatic rings. The fourth-order valence-corrected chi connectivity index (χ4v) is 2.99. The summed E-state index contributed by atoms with van der Waals surface area (Å²) in [5.74, 6) is 0.143. The van der Waals surface area contributed by atoms with Crippen LogP contribution in [0.25, 0.3) is 0 Å². The molecule has 5 nitrogen and oxygen atoms in total. The molecular formula is C14H21N3O2. The van der Waals surface area contributed by atoms with Gasteiger partial charge in [-0.1, -0.05) is 13.3 Å². The van der Waals surface area contributed by atoms with Crippen molar-refractivity contribution in [3.8, 4) is 0 Å². The highest BCUT2D eigenvalue weighted by atomic mass is 16.4. The minimum Gasteiger partial charge on any atom is -0.481 e. The summed E-state index contributed by atoms with van der Waals surface area (Å²) < 4.78 is 0. The van der Waals surface area contributed by atoms with Gasteiger partial charge in [-0.05, 0) is 26.2 Å². The fraction of sp³-hybridized carbons (Fsp3) is 0.643. The third-order valence-corrected chi connectivity index (χ3v) is 3.91. The van der Waals surface area contributed by atoms with Crippen LogP contribution in [0.3, 0.4) is 0 Å². The number of nitrogens with zero attached hydrogens (tertiary/aromatic N) is 3. The monoisotopic (exact) mass is 263 g/mol. The third-order valence-electron chi connectivity index (χ3n) is 3.91. The Balaban J connectivity index is 2.25. The molecule has 0 radical (unpaired) electrons. The molecule has 0 aliphatic carbocycles. The maximum atomic E-state index is 11.7. The van der Waals surface area contributed by atoms with Crippen molar-refractivity contribution in [3.63, 3.8) is 0 Å². The summed E-state index contributed by atoms with van der Waals surface area (Å²) in [5, 5.41) is 9.59. The summed E-state index contributed by atoms with van der Waals surface area (Å²) in [5.41, 5.74) is 0.233. The molecule has 0 bridgehead atoms. The van der Waals surface area contributed by atoms with Crippen LogP contribution >= 0.6 is 0 Å². The van der Waals surface area contributed by atoms with Crippen molar-refractivity contribution < 1.29 is 9.90 Å². The number of carbonyl (C=O) groups is 1. The highest BCUT2D eigenvalue weighted by Gasteiger charge is 2.42. The topological polar surface area (TPSA) is 66.3 Å². The molecule has 1 fully saturated rings. The van der Waals surface area contributed by atoms with Crippen LogP contribution in [0.2, 0.25) is 0 Å². The molecule has 2 rings (SSSR count). The second-order valence-corrected chi connectivity index (χ2v) is 5.33. The average Bonchev–Trinajstić information content (AvgIpc) is 2.39. The van der Waals surface area contributed by atoms with Crippen molar-refractivity contribution in [3.05, 3.63) is 18.1 Å². The molecule has 1 aromatic heterocycles. The van der Waals surface area contributed by atoms with Crippen LogP contribution in [0.4, 0.5) is 5.82 Å². The summed E-state index contributed by atoms with van der Waals surface area (Å²) >= 11 is 0. The van der Waals surface area contributed by atoms with Crippen LogP contribution in [0.15, 0.2) is 12.4 Å². The molecule has 1 aliphatic heterocycles. The minimum atomic E-state index is -0.680. The van der Waals surface area contributed by atoms with E-state index in [1.807, 2.05) is 13.8 Å². The fourth-order valence-electron chi connectivity index (χ4n) is 2.99. The first-order chi connectivity index (χ1) is 9.09. The molecular weight excluding hydrogens is 242 g/mol. The van der Waals surface area contributed by atoms with Gasteiger partial charge in [0.15, 0.2) is 0 Å². The molecule has 1 saturated heterocycles. The molecule has 1 aromatic rings. The number of hydrogen-bond acceptors (Lipinski definition) is 4. The van der Waals surface area contributed by atoms with Gasteiger partial charge in [-0.25, -0.2) is 4.98 Å². The van der Waals surface area contributed by atoms with E-state index < -0.39 is 11.4 Å². The lowest BCUT2D eigenvalue weighted by Crippen LogP contribution is -2.48. The summed E-state index contributed by atoms with van der Waals surface area (Å²) in [7, 11) is 0. The van der Waals surface area contributed by atoms with Crippen molar-refractivity contribution in [1.29, 1.82) is 0 Å². The van der Waals surface area contributed by atoms with Crippen LogP contribution < -0.4 is 4.90 Å². The molecule has 0 aromatic carbocycles. The predicted octanol–water partition coefficient (Wildman–Crippen LogP) is 2.26. The number of aromatic nitrogens is 2. The van der Waals surface area contributed by atoms with Crippen LogP contribution in [0.5, 0.6) is 0 Å². The van der Waals surface area contributed by atoms with Crippen molar-refractivity contribution in [1.82, 2.24) is 9.97 Å². The lowest BCUT2D eigenvalue weighted by Gasteiger charge is -2.40. The Bertz CT molecular complexity index is 460. The standard InChI is InChI=1S/C14H21N3O2/c1-3-5-14(13(18)19)6-4-9-17(10-14)12-11(2)15-7-8-16-12/h7-8H,3-6,9-10H2,1-2H3,(H,18,19). The van der Waals surface area contributed by atoms with Crippen LogP contribution in [-0.2, 0) is 4.79 Å². The number of carboxylic acids is 1. The van der Waals surface area contributed by atoms with E-state index in [0.717, 1.165) is 43.7 Å². The molecule has 0 spiro atoms. The number of anilines is 1. The van der Waals surface area contributed by atoms with Gasteiger partial charge in [0.2, 0.25) is 0 Å². The number of rotatable bonds is 4. The Kier molecular flexibility index (Phi) is 4.02. The molecule has 2 heterocycles. The van der Waals surface area contributed by atoms with E-state index in [0.29, 0.717) is 6.54 Å². The predicted molar refractivity (Wildman–Crippen MR) is 73.2 cm³/mol. The van der Waals surface area contributed by atoms with E-state index in [1.54, 1.807) is 12.4 Å². The Labute approximate surface area is 113 Å². The zero-order valence-electron chi connectivity index (χ0n) is 11.6. The molecule has 0 saturated carbocycles. The van der Waals surface area contributed by atoms with Gasteiger partial charge >= 0.3 is 5.97 Å². The van der Waals surface area contributed by atoms with E-state index in [4.69, 9.17) is 0 Å². The van der Waals surface area contributed by atoms with Gasteiger partial charge in [0, 0.05) is 25.5 Å². The highest BCUT2D eigenvalue weighted by molar-refractivity contribution is 5.76. The maximum absolute atomic E-state index is 11.7. The molecule has 0 amide bonds. The second-order valence-electron chi connectivity index (χ2n) is 5.33.